The quantitative estimate of drug-likeness (QED) is 0.610. The van der Waals surface area contributed by atoms with Crippen molar-refractivity contribution in [2.45, 2.75) is 12.8 Å². The van der Waals surface area contributed by atoms with Crippen LogP contribution in [0.5, 0.6) is 0 Å². The number of carbonyl (C=O) groups is 3. The number of carbonyl (C=O) groups excluding carboxylic acids is 3. The number of imide groups is 1. The number of halogens is 1. The first-order valence-corrected chi connectivity index (χ1v) is 9.71. The van der Waals surface area contributed by atoms with Crippen molar-refractivity contribution in [1.82, 2.24) is 10.2 Å². The standard InChI is InChI=1S/C19H24ClN3O4/c20-16-5-3-15(4-6-16)18(25)23(11-1-2-12-23)19(26)17(24)21-7-8-22-9-13-27-14-10-22/h3-6H,1-2,7-14H2/p+1. The van der Waals surface area contributed by atoms with Gasteiger partial charge in [0.05, 0.1) is 31.9 Å². The Morgan fingerprint density at radius 1 is 1.07 bits per heavy atom. The lowest BCUT2D eigenvalue weighted by Crippen LogP contribution is -2.60. The minimum atomic E-state index is -0.688. The molecule has 2 aliphatic heterocycles. The summed E-state index contributed by atoms with van der Waals surface area (Å²) >= 11 is 5.89. The van der Waals surface area contributed by atoms with Crippen LogP contribution >= 0.6 is 11.6 Å². The van der Waals surface area contributed by atoms with Crippen LogP contribution < -0.4 is 5.32 Å². The molecule has 1 N–H and O–H groups in total. The molecular weight excluding hydrogens is 370 g/mol. The molecule has 0 atom stereocenters. The Morgan fingerprint density at radius 3 is 2.33 bits per heavy atom. The number of quaternary nitrogens is 1. The Hall–Kier alpha value is -1.80. The predicted octanol–water partition coefficient (Wildman–Crippen LogP) is 1.07. The van der Waals surface area contributed by atoms with Crippen LogP contribution in [-0.2, 0) is 14.3 Å². The molecule has 3 amide bonds. The zero-order valence-electron chi connectivity index (χ0n) is 15.3. The molecule has 2 aliphatic rings. The Balaban J connectivity index is 1.64. The number of nitrogens with one attached hydrogen (secondary N) is 1. The fourth-order valence-corrected chi connectivity index (χ4v) is 3.76. The van der Waals surface area contributed by atoms with Crippen molar-refractivity contribution in [1.29, 1.82) is 0 Å². The van der Waals surface area contributed by atoms with Gasteiger partial charge in [0.2, 0.25) is 0 Å². The highest BCUT2D eigenvalue weighted by atomic mass is 35.5. The van der Waals surface area contributed by atoms with E-state index in [-0.39, 0.29) is 5.91 Å². The summed E-state index contributed by atoms with van der Waals surface area (Å²) in [6.07, 6.45) is 1.48. The molecule has 3 rings (SSSR count). The summed E-state index contributed by atoms with van der Waals surface area (Å²) in [5, 5.41) is 3.21. The molecule has 0 aromatic heterocycles. The number of benzene rings is 1. The van der Waals surface area contributed by atoms with Crippen LogP contribution in [0.2, 0.25) is 5.02 Å². The average molecular weight is 395 g/mol. The molecule has 0 unspecified atom stereocenters. The monoisotopic (exact) mass is 394 g/mol. The van der Waals surface area contributed by atoms with E-state index >= 15 is 0 Å². The predicted molar refractivity (Wildman–Crippen MR) is 100 cm³/mol. The summed E-state index contributed by atoms with van der Waals surface area (Å²) in [5.74, 6) is -1.70. The molecule has 2 fully saturated rings. The summed E-state index contributed by atoms with van der Waals surface area (Å²) < 4.78 is 4.85. The normalized spacial score (nSPS) is 19.6. The van der Waals surface area contributed by atoms with E-state index in [0.29, 0.717) is 50.0 Å². The third-order valence-corrected chi connectivity index (χ3v) is 5.46. The van der Waals surface area contributed by atoms with Crippen molar-refractivity contribution in [3.63, 3.8) is 0 Å². The number of morpholine rings is 1. The van der Waals surface area contributed by atoms with Gasteiger partial charge >= 0.3 is 17.7 Å². The summed E-state index contributed by atoms with van der Waals surface area (Å²) in [4.78, 5) is 40.6. The van der Waals surface area contributed by atoms with Gasteiger partial charge in [-0.3, -0.25) is 9.69 Å². The van der Waals surface area contributed by atoms with Crippen molar-refractivity contribution in [3.05, 3.63) is 34.9 Å². The molecule has 0 aliphatic carbocycles. The summed E-state index contributed by atoms with van der Waals surface area (Å²) in [6, 6.07) is 6.45. The minimum absolute atomic E-state index is 0.336. The largest absolute Gasteiger partial charge is 0.411 e. The van der Waals surface area contributed by atoms with Gasteiger partial charge in [0.25, 0.3) is 0 Å². The molecule has 0 radical (unpaired) electrons. The fourth-order valence-electron chi connectivity index (χ4n) is 3.64. The van der Waals surface area contributed by atoms with Gasteiger partial charge in [0.1, 0.15) is 0 Å². The molecule has 0 saturated carbocycles. The zero-order valence-corrected chi connectivity index (χ0v) is 16.0. The maximum absolute atomic E-state index is 13.1. The number of nitrogens with zero attached hydrogens (tertiary/aromatic N) is 2. The van der Waals surface area contributed by atoms with Gasteiger partial charge in [0.15, 0.2) is 0 Å². The van der Waals surface area contributed by atoms with Gasteiger partial charge in [-0.05, 0) is 24.3 Å². The fraction of sp³-hybridized carbons (Fsp3) is 0.526. The van der Waals surface area contributed by atoms with Crippen molar-refractivity contribution in [2.24, 2.45) is 0 Å². The van der Waals surface area contributed by atoms with Crippen molar-refractivity contribution >= 4 is 29.3 Å². The lowest BCUT2D eigenvalue weighted by atomic mass is 10.1. The molecular formula is C19H25ClN3O4+. The Kier molecular flexibility index (Phi) is 6.59. The van der Waals surface area contributed by atoms with Gasteiger partial charge in [-0.2, -0.15) is 4.48 Å². The zero-order chi connectivity index (χ0) is 19.3. The molecule has 0 spiro atoms. The maximum atomic E-state index is 13.1. The van der Waals surface area contributed by atoms with E-state index in [4.69, 9.17) is 16.3 Å². The molecule has 1 aromatic rings. The molecule has 2 saturated heterocycles. The van der Waals surface area contributed by atoms with E-state index < -0.39 is 16.3 Å². The molecule has 146 valence electrons. The van der Waals surface area contributed by atoms with Crippen LogP contribution in [0.1, 0.15) is 23.2 Å². The topological polar surface area (TPSA) is 75.7 Å². The van der Waals surface area contributed by atoms with Crippen molar-refractivity contribution in [2.75, 3.05) is 52.5 Å². The molecule has 27 heavy (non-hydrogen) atoms. The number of amides is 3. The molecule has 1 aromatic carbocycles. The first kappa shape index (κ1) is 19.9. The van der Waals surface area contributed by atoms with E-state index in [9.17, 15) is 14.4 Å². The first-order valence-electron chi connectivity index (χ1n) is 9.33. The van der Waals surface area contributed by atoms with Crippen LogP contribution in [0.15, 0.2) is 24.3 Å². The van der Waals surface area contributed by atoms with E-state index in [1.807, 2.05) is 0 Å². The van der Waals surface area contributed by atoms with Crippen LogP contribution in [0.4, 0.5) is 0 Å². The second-order valence-electron chi connectivity index (χ2n) is 6.95. The lowest BCUT2D eigenvalue weighted by Gasteiger charge is -2.28. The second-order valence-corrected chi connectivity index (χ2v) is 7.39. The van der Waals surface area contributed by atoms with Gasteiger partial charge in [-0.25, -0.2) is 9.59 Å². The first-order chi connectivity index (χ1) is 13.0. The SMILES string of the molecule is O=C(NCCN1CCOCC1)C(=O)[N+]1(C(=O)c2ccc(Cl)cc2)CCCC1. The van der Waals surface area contributed by atoms with Crippen LogP contribution in [0.25, 0.3) is 0 Å². The Bertz CT molecular complexity index is 695. The Labute approximate surface area is 163 Å². The van der Waals surface area contributed by atoms with Crippen LogP contribution in [0, 0.1) is 0 Å². The van der Waals surface area contributed by atoms with Crippen molar-refractivity contribution in [3.8, 4) is 0 Å². The average Bonchev–Trinajstić information content (AvgIpc) is 3.19. The smallest absolute Gasteiger partial charge is 0.379 e. The number of rotatable bonds is 4. The summed E-state index contributed by atoms with van der Waals surface area (Å²) in [6.45, 7) is 4.75. The van der Waals surface area contributed by atoms with Gasteiger partial charge in [-0.1, -0.05) is 11.6 Å². The minimum Gasteiger partial charge on any atom is -0.379 e. The molecule has 7 nitrogen and oxygen atoms in total. The van der Waals surface area contributed by atoms with E-state index in [1.54, 1.807) is 24.3 Å². The van der Waals surface area contributed by atoms with Crippen molar-refractivity contribution < 1.29 is 23.6 Å². The van der Waals surface area contributed by atoms with Gasteiger partial charge in [-0.15, -0.1) is 0 Å². The third kappa shape index (κ3) is 4.55. The van der Waals surface area contributed by atoms with E-state index in [2.05, 4.69) is 10.2 Å². The van der Waals surface area contributed by atoms with Crippen LogP contribution in [0.3, 0.4) is 0 Å². The molecule has 8 heteroatoms. The summed E-state index contributed by atoms with van der Waals surface area (Å²) in [7, 11) is 0. The highest BCUT2D eigenvalue weighted by molar-refractivity contribution is 6.34. The number of hydrogen-bond acceptors (Lipinski definition) is 5. The van der Waals surface area contributed by atoms with Gasteiger partial charge < -0.3 is 10.1 Å². The highest BCUT2D eigenvalue weighted by Gasteiger charge is 2.50. The van der Waals surface area contributed by atoms with E-state index in [0.717, 1.165) is 25.9 Å². The highest BCUT2D eigenvalue weighted by Crippen LogP contribution is 2.25. The van der Waals surface area contributed by atoms with Crippen LogP contribution in [-0.4, -0.2) is 79.6 Å². The van der Waals surface area contributed by atoms with E-state index in [1.165, 1.54) is 0 Å². The lowest BCUT2D eigenvalue weighted by molar-refractivity contribution is -0.754. The number of hydrogen-bond donors (Lipinski definition) is 1. The van der Waals surface area contributed by atoms with Gasteiger partial charge in [0, 0.05) is 44.0 Å². The third-order valence-electron chi connectivity index (χ3n) is 5.21. The maximum Gasteiger partial charge on any atom is 0.411 e. The Morgan fingerprint density at radius 2 is 1.70 bits per heavy atom. The number of ether oxygens (including phenoxy) is 1. The second kappa shape index (κ2) is 8.93. The molecule has 0 bridgehead atoms. The summed E-state index contributed by atoms with van der Waals surface area (Å²) in [5.41, 5.74) is 0.399. The molecule has 2 heterocycles. The number of likely N-dealkylation sites (tertiary alicyclic amines) is 1.